The van der Waals surface area contributed by atoms with E-state index in [-0.39, 0.29) is 11.7 Å². The molecule has 1 aliphatic rings. The van der Waals surface area contributed by atoms with E-state index in [1.165, 1.54) is 17.8 Å². The molecule has 4 nitrogen and oxygen atoms in total. The molecule has 3 rings (SSSR count). The number of hydrogen-bond donors (Lipinski definition) is 3. The highest BCUT2D eigenvalue weighted by atomic mass is 32.2. The number of nitrogens with one attached hydrogen (secondary N) is 2. The zero-order valence-electron chi connectivity index (χ0n) is 11.0. The molecule has 0 fully saturated rings. The molecular weight excluding hydrogens is 291 g/mol. The van der Waals surface area contributed by atoms with Gasteiger partial charge in [0.25, 0.3) is 0 Å². The highest BCUT2D eigenvalue weighted by Gasteiger charge is 2.15. The van der Waals surface area contributed by atoms with E-state index < -0.39 is 5.82 Å². The third kappa shape index (κ3) is 2.95. The standard InChI is InChI=1S/C15H13FN2O2S/c16-11-3-1-2-9(15(11)20)7-17-10-4-5-13-12(6-10)18-14(19)8-21-13/h1-6,17,20H,7-8H2,(H,18,19). The van der Waals surface area contributed by atoms with Crippen LogP contribution in [-0.2, 0) is 11.3 Å². The van der Waals surface area contributed by atoms with Crippen molar-refractivity contribution < 1.29 is 14.3 Å². The third-order valence-electron chi connectivity index (χ3n) is 3.17. The fraction of sp³-hybridized carbons (Fsp3) is 0.133. The van der Waals surface area contributed by atoms with Gasteiger partial charge in [-0.15, -0.1) is 11.8 Å². The Hall–Kier alpha value is -2.21. The van der Waals surface area contributed by atoms with E-state index in [4.69, 9.17) is 0 Å². The Bertz CT molecular complexity index is 706. The van der Waals surface area contributed by atoms with Crippen LogP contribution in [0.25, 0.3) is 0 Å². The van der Waals surface area contributed by atoms with Gasteiger partial charge in [-0.1, -0.05) is 12.1 Å². The minimum atomic E-state index is -0.636. The molecule has 6 heteroatoms. The summed E-state index contributed by atoms with van der Waals surface area (Å²) in [6, 6.07) is 10.1. The molecule has 2 aromatic rings. The Morgan fingerprint density at radius 1 is 1.33 bits per heavy atom. The number of phenols is 1. The Balaban J connectivity index is 1.75. The van der Waals surface area contributed by atoms with Crippen LogP contribution in [0, 0.1) is 5.82 Å². The summed E-state index contributed by atoms with van der Waals surface area (Å²) in [5, 5.41) is 15.5. The number of rotatable bonds is 3. The summed E-state index contributed by atoms with van der Waals surface area (Å²) in [4.78, 5) is 12.4. The summed E-state index contributed by atoms with van der Waals surface area (Å²) in [5.74, 6) is -0.570. The molecule has 0 saturated heterocycles. The Kier molecular flexibility index (Phi) is 3.70. The van der Waals surface area contributed by atoms with Gasteiger partial charge in [-0.25, -0.2) is 4.39 Å². The van der Waals surface area contributed by atoms with Gasteiger partial charge < -0.3 is 15.7 Å². The van der Waals surface area contributed by atoms with E-state index in [0.29, 0.717) is 17.9 Å². The molecule has 0 unspecified atom stereocenters. The zero-order valence-corrected chi connectivity index (χ0v) is 11.8. The molecule has 1 aliphatic heterocycles. The molecule has 108 valence electrons. The van der Waals surface area contributed by atoms with Crippen molar-refractivity contribution in [3.8, 4) is 5.75 Å². The number of carbonyl (C=O) groups excluding carboxylic acids is 1. The topological polar surface area (TPSA) is 61.4 Å². The highest BCUT2D eigenvalue weighted by molar-refractivity contribution is 8.00. The number of para-hydroxylation sites is 1. The van der Waals surface area contributed by atoms with Gasteiger partial charge in [0, 0.05) is 22.7 Å². The second-order valence-corrected chi connectivity index (χ2v) is 5.67. The summed E-state index contributed by atoms with van der Waals surface area (Å²) in [6.45, 7) is 0.295. The van der Waals surface area contributed by atoms with Gasteiger partial charge in [-0.05, 0) is 24.3 Å². The van der Waals surface area contributed by atoms with Crippen molar-refractivity contribution in [1.29, 1.82) is 0 Å². The number of anilines is 2. The fourth-order valence-electron chi connectivity index (χ4n) is 2.09. The van der Waals surface area contributed by atoms with E-state index in [2.05, 4.69) is 10.6 Å². The fourth-order valence-corrected chi connectivity index (χ4v) is 2.88. The van der Waals surface area contributed by atoms with Crippen LogP contribution in [0.3, 0.4) is 0 Å². The number of aromatic hydroxyl groups is 1. The van der Waals surface area contributed by atoms with Crippen LogP contribution in [0.2, 0.25) is 0 Å². The predicted molar refractivity (Wildman–Crippen MR) is 81.2 cm³/mol. The SMILES string of the molecule is O=C1CSc2ccc(NCc3cccc(F)c3O)cc2N1. The van der Waals surface area contributed by atoms with Crippen LogP contribution in [0.4, 0.5) is 15.8 Å². The van der Waals surface area contributed by atoms with Crippen LogP contribution >= 0.6 is 11.8 Å². The number of hydrogen-bond acceptors (Lipinski definition) is 4. The van der Waals surface area contributed by atoms with Crippen molar-refractivity contribution in [2.75, 3.05) is 16.4 Å². The number of carbonyl (C=O) groups is 1. The minimum absolute atomic E-state index is 0.0209. The third-order valence-corrected chi connectivity index (χ3v) is 4.24. The normalized spacial score (nSPS) is 13.5. The second-order valence-electron chi connectivity index (χ2n) is 4.65. The first-order valence-electron chi connectivity index (χ1n) is 6.40. The molecule has 0 radical (unpaired) electrons. The molecule has 0 aromatic heterocycles. The smallest absolute Gasteiger partial charge is 0.234 e. The minimum Gasteiger partial charge on any atom is -0.505 e. The summed E-state index contributed by atoms with van der Waals surface area (Å²) in [5.41, 5.74) is 2.04. The van der Waals surface area contributed by atoms with Gasteiger partial charge >= 0.3 is 0 Å². The molecule has 0 aliphatic carbocycles. The maximum Gasteiger partial charge on any atom is 0.234 e. The number of thioether (sulfide) groups is 1. The van der Waals surface area contributed by atoms with Crippen molar-refractivity contribution in [2.45, 2.75) is 11.4 Å². The summed E-state index contributed by atoms with van der Waals surface area (Å²) in [6.07, 6.45) is 0. The van der Waals surface area contributed by atoms with Crippen LogP contribution in [0.15, 0.2) is 41.3 Å². The largest absolute Gasteiger partial charge is 0.505 e. The molecule has 0 spiro atoms. The number of fused-ring (bicyclic) bond motifs is 1. The van der Waals surface area contributed by atoms with E-state index in [1.807, 2.05) is 18.2 Å². The molecule has 1 amide bonds. The second kappa shape index (κ2) is 5.65. The van der Waals surface area contributed by atoms with Gasteiger partial charge in [-0.3, -0.25) is 4.79 Å². The maximum atomic E-state index is 13.2. The van der Waals surface area contributed by atoms with Gasteiger partial charge in [0.1, 0.15) is 0 Å². The summed E-state index contributed by atoms with van der Waals surface area (Å²) >= 11 is 1.49. The maximum absolute atomic E-state index is 13.2. The quantitative estimate of drug-likeness (QED) is 0.815. The lowest BCUT2D eigenvalue weighted by Gasteiger charge is -2.17. The number of benzene rings is 2. The average Bonchev–Trinajstić information content (AvgIpc) is 2.48. The van der Waals surface area contributed by atoms with Crippen LogP contribution in [-0.4, -0.2) is 16.8 Å². The Labute approximate surface area is 125 Å². The van der Waals surface area contributed by atoms with Crippen LogP contribution in [0.5, 0.6) is 5.75 Å². The van der Waals surface area contributed by atoms with E-state index in [9.17, 15) is 14.3 Å². The van der Waals surface area contributed by atoms with Gasteiger partial charge in [0.05, 0.1) is 11.4 Å². The lowest BCUT2D eigenvalue weighted by Crippen LogP contribution is -2.18. The van der Waals surface area contributed by atoms with Crippen molar-refractivity contribution >= 4 is 29.0 Å². The highest BCUT2D eigenvalue weighted by Crippen LogP contribution is 2.33. The molecule has 3 N–H and O–H groups in total. The van der Waals surface area contributed by atoms with E-state index in [1.54, 1.807) is 12.1 Å². The van der Waals surface area contributed by atoms with E-state index in [0.717, 1.165) is 16.3 Å². The molecule has 1 heterocycles. The Morgan fingerprint density at radius 3 is 3.05 bits per heavy atom. The van der Waals surface area contributed by atoms with Gasteiger partial charge in [-0.2, -0.15) is 0 Å². The molecule has 2 aromatic carbocycles. The van der Waals surface area contributed by atoms with Gasteiger partial charge in [0.15, 0.2) is 11.6 Å². The first-order valence-corrected chi connectivity index (χ1v) is 7.39. The molecule has 0 bridgehead atoms. The predicted octanol–water partition coefficient (Wildman–Crippen LogP) is 3.19. The van der Waals surface area contributed by atoms with E-state index >= 15 is 0 Å². The Morgan fingerprint density at radius 2 is 2.19 bits per heavy atom. The van der Waals surface area contributed by atoms with Crippen LogP contribution < -0.4 is 10.6 Å². The van der Waals surface area contributed by atoms with Crippen molar-refractivity contribution in [3.05, 3.63) is 47.8 Å². The molecule has 0 atom stereocenters. The van der Waals surface area contributed by atoms with Crippen molar-refractivity contribution in [3.63, 3.8) is 0 Å². The first kappa shape index (κ1) is 13.8. The van der Waals surface area contributed by atoms with Gasteiger partial charge in [0.2, 0.25) is 5.91 Å². The number of phenolic OH excluding ortho intramolecular Hbond substituents is 1. The first-order chi connectivity index (χ1) is 10.1. The van der Waals surface area contributed by atoms with Crippen molar-refractivity contribution in [2.24, 2.45) is 0 Å². The monoisotopic (exact) mass is 304 g/mol. The summed E-state index contributed by atoms with van der Waals surface area (Å²) in [7, 11) is 0. The van der Waals surface area contributed by atoms with Crippen LogP contribution in [0.1, 0.15) is 5.56 Å². The average molecular weight is 304 g/mol. The summed E-state index contributed by atoms with van der Waals surface area (Å²) < 4.78 is 13.2. The number of amides is 1. The lowest BCUT2D eigenvalue weighted by molar-refractivity contribution is -0.113. The molecule has 21 heavy (non-hydrogen) atoms. The van der Waals surface area contributed by atoms with Crippen molar-refractivity contribution in [1.82, 2.24) is 0 Å². The molecule has 0 saturated carbocycles. The number of halogens is 1. The lowest BCUT2D eigenvalue weighted by atomic mass is 10.2. The zero-order chi connectivity index (χ0) is 14.8. The molecular formula is C15H13FN2O2S.